The van der Waals surface area contributed by atoms with Crippen LogP contribution in [-0.2, 0) is 4.79 Å². The van der Waals surface area contributed by atoms with Crippen LogP contribution in [0.3, 0.4) is 0 Å². The van der Waals surface area contributed by atoms with E-state index < -0.39 is 23.7 Å². The van der Waals surface area contributed by atoms with Gasteiger partial charge in [-0.25, -0.2) is 8.78 Å². The molecule has 0 bridgehead atoms. The van der Waals surface area contributed by atoms with Crippen molar-refractivity contribution in [1.29, 1.82) is 0 Å². The maximum atomic E-state index is 13.5. The lowest BCUT2D eigenvalue weighted by Gasteiger charge is -2.19. The van der Waals surface area contributed by atoms with Gasteiger partial charge in [-0.1, -0.05) is 6.07 Å². The third-order valence-corrected chi connectivity index (χ3v) is 4.13. The zero-order valence-electron chi connectivity index (χ0n) is 13.7. The summed E-state index contributed by atoms with van der Waals surface area (Å²) in [6, 6.07) is 5.24. The number of carbonyl (C=O) groups excluding carboxylic acids is 2. The van der Waals surface area contributed by atoms with E-state index in [1.807, 2.05) is 0 Å². The van der Waals surface area contributed by atoms with Crippen LogP contribution in [0.4, 0.5) is 8.78 Å². The van der Waals surface area contributed by atoms with Gasteiger partial charge in [0, 0.05) is 6.07 Å². The zero-order valence-corrected chi connectivity index (χ0v) is 14.5. The van der Waals surface area contributed by atoms with E-state index in [4.69, 9.17) is 4.74 Å². The summed E-state index contributed by atoms with van der Waals surface area (Å²) in [7, 11) is 0. The van der Waals surface area contributed by atoms with Crippen molar-refractivity contribution in [2.75, 3.05) is 6.61 Å². The van der Waals surface area contributed by atoms with Crippen LogP contribution in [0, 0.1) is 11.6 Å². The Labute approximate surface area is 148 Å². The van der Waals surface area contributed by atoms with E-state index in [2.05, 4.69) is 10.6 Å². The van der Waals surface area contributed by atoms with Crippen molar-refractivity contribution in [2.45, 2.75) is 25.9 Å². The van der Waals surface area contributed by atoms with Crippen LogP contribution in [-0.4, -0.2) is 30.5 Å². The van der Waals surface area contributed by atoms with Crippen molar-refractivity contribution in [3.8, 4) is 5.75 Å². The largest absolute Gasteiger partial charge is 0.488 e. The summed E-state index contributed by atoms with van der Waals surface area (Å²) < 4.78 is 31.5. The second kappa shape index (κ2) is 8.57. The smallest absolute Gasteiger partial charge is 0.261 e. The molecule has 2 atom stereocenters. The van der Waals surface area contributed by atoms with Crippen molar-refractivity contribution in [2.24, 2.45) is 0 Å². The molecule has 8 heteroatoms. The molecular weight excluding hydrogens is 350 g/mol. The number of halogens is 2. The first-order valence-electron chi connectivity index (χ1n) is 7.59. The summed E-state index contributed by atoms with van der Waals surface area (Å²) in [5.74, 6) is -2.31. The Bertz CT molecular complexity index is 737. The molecule has 2 amide bonds. The van der Waals surface area contributed by atoms with Gasteiger partial charge < -0.3 is 15.4 Å². The van der Waals surface area contributed by atoms with Crippen molar-refractivity contribution in [3.63, 3.8) is 0 Å². The van der Waals surface area contributed by atoms with Crippen LogP contribution >= 0.6 is 11.3 Å². The van der Waals surface area contributed by atoms with E-state index in [-0.39, 0.29) is 24.2 Å². The van der Waals surface area contributed by atoms with E-state index >= 15 is 0 Å². The quantitative estimate of drug-likeness (QED) is 0.790. The fourth-order valence-electron chi connectivity index (χ4n) is 1.96. The topological polar surface area (TPSA) is 67.4 Å². The standard InChI is InChI=1S/C17H18F2N2O3S/c1-10(9-24-14-6-5-12(18)8-13(14)19)20-16(22)11(2)21-17(23)15-4-3-7-25-15/h3-8,10-11H,9H2,1-2H3,(H,20,22)(H,21,23). The SMILES string of the molecule is CC(COc1ccc(F)cc1F)NC(=O)C(C)NC(=O)c1cccs1. The highest BCUT2D eigenvalue weighted by Crippen LogP contribution is 2.17. The molecule has 1 heterocycles. The number of ether oxygens (including phenoxy) is 1. The summed E-state index contributed by atoms with van der Waals surface area (Å²) >= 11 is 1.28. The van der Waals surface area contributed by atoms with Crippen LogP contribution in [0.2, 0.25) is 0 Å². The first kappa shape index (κ1) is 18.9. The first-order valence-corrected chi connectivity index (χ1v) is 8.47. The maximum Gasteiger partial charge on any atom is 0.261 e. The van der Waals surface area contributed by atoms with Crippen LogP contribution in [0.1, 0.15) is 23.5 Å². The second-order valence-electron chi connectivity index (χ2n) is 5.47. The minimum absolute atomic E-state index is 0.000116. The summed E-state index contributed by atoms with van der Waals surface area (Å²) in [4.78, 5) is 24.5. The third-order valence-electron chi connectivity index (χ3n) is 3.26. The van der Waals surface area contributed by atoms with Crippen LogP contribution in [0.15, 0.2) is 35.7 Å². The number of carbonyl (C=O) groups is 2. The molecule has 2 N–H and O–H groups in total. The normalized spacial score (nSPS) is 13.0. The highest BCUT2D eigenvalue weighted by molar-refractivity contribution is 7.12. The lowest BCUT2D eigenvalue weighted by Crippen LogP contribution is -2.48. The molecule has 2 rings (SSSR count). The second-order valence-corrected chi connectivity index (χ2v) is 6.42. The highest BCUT2D eigenvalue weighted by Gasteiger charge is 2.19. The first-order chi connectivity index (χ1) is 11.9. The molecular formula is C17H18F2N2O3S. The minimum Gasteiger partial charge on any atom is -0.488 e. The van der Waals surface area contributed by atoms with Gasteiger partial charge in [0.25, 0.3) is 5.91 Å². The van der Waals surface area contributed by atoms with Gasteiger partial charge in [-0.2, -0.15) is 0 Å². The minimum atomic E-state index is -0.810. The Morgan fingerprint density at radius 1 is 1.20 bits per heavy atom. The van der Waals surface area contributed by atoms with Gasteiger partial charge >= 0.3 is 0 Å². The molecule has 0 saturated carbocycles. The van der Waals surface area contributed by atoms with E-state index in [9.17, 15) is 18.4 Å². The fourth-order valence-corrected chi connectivity index (χ4v) is 2.58. The molecule has 0 aliphatic carbocycles. The molecule has 2 unspecified atom stereocenters. The number of hydrogen-bond acceptors (Lipinski definition) is 4. The molecule has 0 fully saturated rings. The molecule has 0 aliphatic heterocycles. The lowest BCUT2D eigenvalue weighted by molar-refractivity contribution is -0.123. The van der Waals surface area contributed by atoms with Gasteiger partial charge in [0.1, 0.15) is 18.5 Å². The van der Waals surface area contributed by atoms with Crippen LogP contribution < -0.4 is 15.4 Å². The number of rotatable bonds is 7. The van der Waals surface area contributed by atoms with Crippen molar-refractivity contribution >= 4 is 23.2 Å². The molecule has 25 heavy (non-hydrogen) atoms. The van der Waals surface area contributed by atoms with Gasteiger partial charge in [-0.05, 0) is 37.4 Å². The average molecular weight is 368 g/mol. The van der Waals surface area contributed by atoms with Gasteiger partial charge in [0.15, 0.2) is 11.6 Å². The summed E-state index contributed by atoms with van der Waals surface area (Å²) in [6.07, 6.45) is 0. The zero-order chi connectivity index (χ0) is 18.4. The number of hydrogen-bond donors (Lipinski definition) is 2. The van der Waals surface area contributed by atoms with E-state index in [0.717, 1.165) is 12.1 Å². The third kappa shape index (κ3) is 5.53. The molecule has 0 saturated heterocycles. The molecule has 0 aliphatic rings. The van der Waals surface area contributed by atoms with Crippen molar-refractivity contribution < 1.29 is 23.1 Å². The Morgan fingerprint density at radius 3 is 2.60 bits per heavy atom. The highest BCUT2D eigenvalue weighted by atomic mass is 32.1. The monoisotopic (exact) mass is 368 g/mol. The van der Waals surface area contributed by atoms with E-state index in [0.29, 0.717) is 4.88 Å². The number of thiophene rings is 1. The maximum absolute atomic E-state index is 13.5. The van der Waals surface area contributed by atoms with E-state index in [1.54, 1.807) is 31.4 Å². The fraction of sp³-hybridized carbons (Fsp3) is 0.294. The van der Waals surface area contributed by atoms with Crippen LogP contribution in [0.25, 0.3) is 0 Å². The summed E-state index contributed by atoms with van der Waals surface area (Å²) in [6.45, 7) is 3.24. The average Bonchev–Trinajstić information content (AvgIpc) is 3.08. The molecule has 1 aromatic carbocycles. The Kier molecular flexibility index (Phi) is 6.46. The molecule has 0 spiro atoms. The summed E-state index contributed by atoms with van der Waals surface area (Å²) in [5.41, 5.74) is 0. The predicted molar refractivity (Wildman–Crippen MR) is 90.7 cm³/mol. The number of nitrogens with one attached hydrogen (secondary N) is 2. The van der Waals surface area contributed by atoms with Crippen molar-refractivity contribution in [1.82, 2.24) is 10.6 Å². The van der Waals surface area contributed by atoms with Gasteiger partial charge in [0.2, 0.25) is 5.91 Å². The molecule has 5 nitrogen and oxygen atoms in total. The van der Waals surface area contributed by atoms with Gasteiger partial charge in [0.05, 0.1) is 10.9 Å². The Balaban J connectivity index is 1.79. The molecule has 134 valence electrons. The van der Waals surface area contributed by atoms with Gasteiger partial charge in [-0.15, -0.1) is 11.3 Å². The van der Waals surface area contributed by atoms with E-state index in [1.165, 1.54) is 17.4 Å². The van der Waals surface area contributed by atoms with Crippen LogP contribution in [0.5, 0.6) is 5.75 Å². The molecule has 2 aromatic rings. The van der Waals surface area contributed by atoms with Crippen molar-refractivity contribution in [3.05, 3.63) is 52.2 Å². The number of benzene rings is 1. The summed E-state index contributed by atoms with van der Waals surface area (Å²) in [5, 5.41) is 7.02. The lowest BCUT2D eigenvalue weighted by atomic mass is 10.2. The number of amides is 2. The molecule has 0 radical (unpaired) electrons. The molecule has 1 aromatic heterocycles. The predicted octanol–water partition coefficient (Wildman–Crippen LogP) is 2.73. The Morgan fingerprint density at radius 2 is 1.96 bits per heavy atom. The van der Waals surface area contributed by atoms with Gasteiger partial charge in [-0.3, -0.25) is 9.59 Å². The Hall–Kier alpha value is -2.48.